The molecular weight excluding hydrogens is 385 g/mol. The second-order valence-electron chi connectivity index (χ2n) is 4.58. The lowest BCUT2D eigenvalue weighted by Gasteiger charge is -2.10. The monoisotopic (exact) mass is 390 g/mol. The molecule has 0 radical (unpaired) electrons. The van der Waals surface area contributed by atoms with E-state index in [1.54, 1.807) is 13.1 Å². The van der Waals surface area contributed by atoms with E-state index in [-0.39, 0.29) is 15.4 Å². The highest BCUT2D eigenvalue weighted by atomic mass is 79.9. The summed E-state index contributed by atoms with van der Waals surface area (Å²) < 4.78 is 40.2. The van der Waals surface area contributed by atoms with Gasteiger partial charge in [-0.2, -0.15) is 13.2 Å². The van der Waals surface area contributed by atoms with E-state index in [1.807, 2.05) is 0 Å². The molecule has 3 aromatic heterocycles. The maximum atomic E-state index is 12.9. The molecule has 0 fully saturated rings. The lowest BCUT2D eigenvalue weighted by molar-refractivity contribution is -0.138. The highest BCUT2D eigenvalue weighted by Crippen LogP contribution is 2.36. The molecule has 0 aliphatic rings. The van der Waals surface area contributed by atoms with Crippen LogP contribution < -0.4 is 0 Å². The number of aryl methyl sites for hydroxylation is 1. The fourth-order valence-corrected chi connectivity index (χ4v) is 2.75. The minimum absolute atomic E-state index is 0.0570. The summed E-state index contributed by atoms with van der Waals surface area (Å²) in [6.45, 7) is 1.78. The Morgan fingerprint density at radius 3 is 2.64 bits per heavy atom. The predicted octanol–water partition coefficient (Wildman–Crippen LogP) is 4.53. The number of nitrogens with zero attached hydrogens (tertiary/aromatic N) is 4. The van der Waals surface area contributed by atoms with Crippen molar-refractivity contribution in [1.82, 2.24) is 19.4 Å². The molecule has 0 aromatic carbocycles. The maximum Gasteiger partial charge on any atom is 0.417 e. The third kappa shape index (κ3) is 2.56. The van der Waals surface area contributed by atoms with Gasteiger partial charge in [0.1, 0.15) is 5.65 Å². The maximum absolute atomic E-state index is 12.9. The van der Waals surface area contributed by atoms with Crippen LogP contribution in [-0.2, 0) is 6.18 Å². The topological polar surface area (TPSA) is 43.1 Å². The summed E-state index contributed by atoms with van der Waals surface area (Å²) in [5.74, 6) is 0. The van der Waals surface area contributed by atoms with E-state index in [0.29, 0.717) is 11.4 Å². The molecule has 0 unspecified atom stereocenters. The lowest BCUT2D eigenvalue weighted by atomic mass is 10.2. The third-order valence-corrected chi connectivity index (χ3v) is 3.90. The smallest absolute Gasteiger partial charge is 0.297 e. The molecule has 0 aliphatic heterocycles. The van der Waals surface area contributed by atoms with Crippen LogP contribution in [0.15, 0.2) is 29.1 Å². The van der Waals surface area contributed by atoms with Crippen molar-refractivity contribution in [2.45, 2.75) is 13.1 Å². The van der Waals surface area contributed by atoms with Crippen LogP contribution in [0.5, 0.6) is 0 Å². The number of aromatic nitrogens is 4. The first-order chi connectivity index (χ1) is 10.3. The first-order valence-corrected chi connectivity index (χ1v) is 7.18. The largest absolute Gasteiger partial charge is 0.417 e. The first-order valence-electron chi connectivity index (χ1n) is 6.00. The fraction of sp³-hybridized carbons (Fsp3) is 0.154. The number of imidazole rings is 1. The first kappa shape index (κ1) is 15.2. The average Bonchev–Trinajstić information content (AvgIpc) is 2.82. The number of alkyl halides is 3. The van der Waals surface area contributed by atoms with Crippen molar-refractivity contribution < 1.29 is 13.2 Å². The Kier molecular flexibility index (Phi) is 3.60. The van der Waals surface area contributed by atoms with Crippen molar-refractivity contribution in [3.63, 3.8) is 0 Å². The summed E-state index contributed by atoms with van der Waals surface area (Å²) >= 11 is 8.74. The van der Waals surface area contributed by atoms with E-state index < -0.39 is 11.7 Å². The van der Waals surface area contributed by atoms with Gasteiger partial charge in [0.2, 0.25) is 5.28 Å². The number of hydrogen-bond acceptors (Lipinski definition) is 3. The second kappa shape index (κ2) is 5.20. The van der Waals surface area contributed by atoms with Crippen LogP contribution in [0.3, 0.4) is 0 Å². The summed E-state index contributed by atoms with van der Waals surface area (Å²) in [7, 11) is 0. The average molecular weight is 392 g/mol. The molecule has 9 heteroatoms. The zero-order valence-electron chi connectivity index (χ0n) is 11.0. The standard InChI is InChI=1S/C13H7BrClF3N4/c1-6-3-20-12(15)21-11(6)9-4-19-10-2-7(13(16,17)18)8(14)5-22(9)10/h2-5H,1H3. The molecule has 0 amide bonds. The van der Waals surface area contributed by atoms with Crippen LogP contribution in [-0.4, -0.2) is 19.4 Å². The van der Waals surface area contributed by atoms with Gasteiger partial charge in [-0.25, -0.2) is 15.0 Å². The van der Waals surface area contributed by atoms with Gasteiger partial charge in [-0.05, 0) is 46.1 Å². The highest BCUT2D eigenvalue weighted by molar-refractivity contribution is 9.10. The molecule has 0 saturated heterocycles. The van der Waals surface area contributed by atoms with Crippen molar-refractivity contribution >= 4 is 33.2 Å². The van der Waals surface area contributed by atoms with Gasteiger partial charge in [0.05, 0.1) is 23.1 Å². The molecule has 22 heavy (non-hydrogen) atoms. The van der Waals surface area contributed by atoms with Gasteiger partial charge in [0.15, 0.2) is 0 Å². The third-order valence-electron chi connectivity index (χ3n) is 3.09. The van der Waals surface area contributed by atoms with Gasteiger partial charge in [0, 0.05) is 16.9 Å². The summed E-state index contributed by atoms with van der Waals surface area (Å²) in [5, 5.41) is 0.0570. The molecule has 0 bridgehead atoms. The molecule has 3 heterocycles. The van der Waals surface area contributed by atoms with Gasteiger partial charge in [-0.1, -0.05) is 0 Å². The zero-order chi connectivity index (χ0) is 16.1. The van der Waals surface area contributed by atoms with Crippen molar-refractivity contribution in [3.8, 4) is 11.4 Å². The fourth-order valence-electron chi connectivity index (χ4n) is 2.07. The van der Waals surface area contributed by atoms with E-state index in [4.69, 9.17) is 11.6 Å². The van der Waals surface area contributed by atoms with Crippen molar-refractivity contribution in [2.75, 3.05) is 0 Å². The van der Waals surface area contributed by atoms with Crippen LogP contribution >= 0.6 is 27.5 Å². The van der Waals surface area contributed by atoms with Gasteiger partial charge >= 0.3 is 6.18 Å². The molecule has 3 aromatic rings. The van der Waals surface area contributed by atoms with E-state index in [2.05, 4.69) is 30.9 Å². The number of rotatable bonds is 1. The lowest BCUT2D eigenvalue weighted by Crippen LogP contribution is -2.07. The molecule has 4 nitrogen and oxygen atoms in total. The summed E-state index contributed by atoms with van der Waals surface area (Å²) in [5.41, 5.74) is 1.17. The van der Waals surface area contributed by atoms with Crippen LogP contribution in [0, 0.1) is 6.92 Å². The second-order valence-corrected chi connectivity index (χ2v) is 5.77. The quantitative estimate of drug-likeness (QED) is 0.572. The van der Waals surface area contributed by atoms with Crippen molar-refractivity contribution in [3.05, 3.63) is 45.5 Å². The van der Waals surface area contributed by atoms with Crippen molar-refractivity contribution in [1.29, 1.82) is 0 Å². The minimum atomic E-state index is -4.46. The molecule has 0 spiro atoms. The van der Waals surface area contributed by atoms with Gasteiger partial charge in [0.25, 0.3) is 0 Å². The molecular formula is C13H7BrClF3N4. The van der Waals surface area contributed by atoms with Crippen LogP contribution in [0.2, 0.25) is 5.28 Å². The normalized spacial score (nSPS) is 12.1. The van der Waals surface area contributed by atoms with Crippen LogP contribution in [0.1, 0.15) is 11.1 Å². The molecule has 0 aliphatic carbocycles. The number of hydrogen-bond donors (Lipinski definition) is 0. The van der Waals surface area contributed by atoms with Crippen LogP contribution in [0.25, 0.3) is 17.0 Å². The number of halogens is 5. The number of pyridine rings is 1. The Balaban J connectivity index is 2.26. The Morgan fingerprint density at radius 2 is 1.95 bits per heavy atom. The van der Waals surface area contributed by atoms with Gasteiger partial charge < -0.3 is 0 Å². The Morgan fingerprint density at radius 1 is 1.23 bits per heavy atom. The zero-order valence-corrected chi connectivity index (χ0v) is 13.3. The SMILES string of the molecule is Cc1cnc(Cl)nc1-c1cnc2cc(C(F)(F)F)c(Br)cn12. The highest BCUT2D eigenvalue weighted by Gasteiger charge is 2.33. The van der Waals surface area contributed by atoms with Gasteiger partial charge in [-0.3, -0.25) is 4.40 Å². The van der Waals surface area contributed by atoms with Crippen molar-refractivity contribution in [2.24, 2.45) is 0 Å². The van der Waals surface area contributed by atoms with E-state index >= 15 is 0 Å². The van der Waals surface area contributed by atoms with Crippen LogP contribution in [0.4, 0.5) is 13.2 Å². The Bertz CT molecular complexity index is 876. The summed E-state index contributed by atoms with van der Waals surface area (Å²) in [6, 6.07) is 0.978. The molecule has 3 rings (SSSR count). The Labute approximate surface area is 136 Å². The van der Waals surface area contributed by atoms with E-state index in [0.717, 1.165) is 11.6 Å². The van der Waals surface area contributed by atoms with E-state index in [1.165, 1.54) is 16.8 Å². The summed E-state index contributed by atoms with van der Waals surface area (Å²) in [4.78, 5) is 12.0. The molecule has 0 saturated carbocycles. The molecule has 0 atom stereocenters. The minimum Gasteiger partial charge on any atom is -0.297 e. The van der Waals surface area contributed by atoms with E-state index in [9.17, 15) is 13.2 Å². The molecule has 0 N–H and O–H groups in total. The number of fused-ring (bicyclic) bond motifs is 1. The van der Waals surface area contributed by atoms with Gasteiger partial charge in [-0.15, -0.1) is 0 Å². The Hall–Kier alpha value is -1.67. The summed E-state index contributed by atoms with van der Waals surface area (Å²) in [6.07, 6.45) is -0.145. The predicted molar refractivity (Wildman–Crippen MR) is 78.7 cm³/mol. The molecule has 114 valence electrons.